The first-order valence-electron chi connectivity index (χ1n) is 6.19. The highest BCUT2D eigenvalue weighted by atomic mass is 16.5. The Kier molecular flexibility index (Phi) is 7.38. The van der Waals surface area contributed by atoms with Crippen molar-refractivity contribution in [3.05, 3.63) is 29.8 Å². The van der Waals surface area contributed by atoms with Gasteiger partial charge in [-0.15, -0.1) is 0 Å². The highest BCUT2D eigenvalue weighted by Gasteiger charge is 1.96. The number of aryl methyl sites for hydroxylation is 1. The highest BCUT2D eigenvalue weighted by Crippen LogP contribution is 2.11. The Morgan fingerprint density at radius 3 is 2.89 bits per heavy atom. The molecule has 0 aliphatic heterocycles. The number of hydrogen-bond donors (Lipinski definition) is 3. The van der Waals surface area contributed by atoms with E-state index in [9.17, 15) is 0 Å². The van der Waals surface area contributed by atoms with Crippen LogP contribution < -0.4 is 21.3 Å². The molecular weight excluding hydrogens is 244 g/mol. The van der Waals surface area contributed by atoms with E-state index in [1.54, 1.807) is 7.11 Å². The maximum absolute atomic E-state index is 5.60. The lowest BCUT2D eigenvalue weighted by atomic mass is 10.2. The third kappa shape index (κ3) is 6.64. The molecule has 0 aliphatic rings. The van der Waals surface area contributed by atoms with E-state index < -0.39 is 0 Å². The van der Waals surface area contributed by atoms with E-state index in [0.717, 1.165) is 5.75 Å². The van der Waals surface area contributed by atoms with Crippen LogP contribution >= 0.6 is 0 Å². The van der Waals surface area contributed by atoms with E-state index in [1.807, 2.05) is 31.2 Å². The van der Waals surface area contributed by atoms with E-state index >= 15 is 0 Å². The third-order valence-corrected chi connectivity index (χ3v) is 2.35. The van der Waals surface area contributed by atoms with Crippen LogP contribution in [-0.2, 0) is 4.74 Å². The zero-order valence-electron chi connectivity index (χ0n) is 11.5. The molecule has 0 aliphatic carbocycles. The number of nitrogens with two attached hydrogens (primary N) is 1. The minimum atomic E-state index is 0.532. The molecule has 1 rings (SSSR count). The summed E-state index contributed by atoms with van der Waals surface area (Å²) >= 11 is 0. The van der Waals surface area contributed by atoms with Gasteiger partial charge in [-0.05, 0) is 24.6 Å². The van der Waals surface area contributed by atoms with Gasteiger partial charge >= 0.3 is 0 Å². The summed E-state index contributed by atoms with van der Waals surface area (Å²) in [5.41, 5.74) is 3.67. The van der Waals surface area contributed by atoms with Crippen molar-refractivity contribution in [3.8, 4) is 5.75 Å². The summed E-state index contributed by atoms with van der Waals surface area (Å²) in [7, 11) is 1.63. The predicted molar refractivity (Wildman–Crippen MR) is 76.2 cm³/mol. The summed E-state index contributed by atoms with van der Waals surface area (Å²) in [4.78, 5) is 4.18. The molecule has 0 saturated heterocycles. The van der Waals surface area contributed by atoms with Gasteiger partial charge in [0.2, 0.25) is 5.96 Å². The van der Waals surface area contributed by atoms with Crippen molar-refractivity contribution < 1.29 is 9.47 Å². The van der Waals surface area contributed by atoms with Crippen LogP contribution in [0.15, 0.2) is 29.3 Å². The molecule has 1 aromatic rings. The molecule has 4 N–H and O–H groups in total. The van der Waals surface area contributed by atoms with E-state index in [4.69, 9.17) is 15.3 Å². The average Bonchev–Trinajstić information content (AvgIpc) is 2.41. The van der Waals surface area contributed by atoms with Crippen molar-refractivity contribution in [1.82, 2.24) is 10.7 Å². The topological polar surface area (TPSA) is 80.9 Å². The summed E-state index contributed by atoms with van der Waals surface area (Å²) < 4.78 is 10.5. The van der Waals surface area contributed by atoms with Gasteiger partial charge in [-0.25, -0.2) is 10.8 Å². The minimum Gasteiger partial charge on any atom is -0.492 e. The predicted octanol–water partition coefficient (Wildman–Crippen LogP) is 0.429. The van der Waals surface area contributed by atoms with Crippen molar-refractivity contribution in [2.24, 2.45) is 10.8 Å². The molecule has 6 nitrogen and oxygen atoms in total. The molecule has 0 saturated carbocycles. The van der Waals surface area contributed by atoms with Gasteiger partial charge in [0, 0.05) is 7.11 Å². The molecule has 0 bridgehead atoms. The summed E-state index contributed by atoms with van der Waals surface area (Å²) in [6.07, 6.45) is 0. The van der Waals surface area contributed by atoms with Crippen LogP contribution in [0.3, 0.4) is 0 Å². The smallest absolute Gasteiger partial charge is 0.205 e. The number of methoxy groups -OCH3 is 1. The SMILES string of the molecule is COCCN=C(NN)NCCOc1cccc(C)c1. The van der Waals surface area contributed by atoms with Crippen molar-refractivity contribution >= 4 is 5.96 Å². The second kappa shape index (κ2) is 9.18. The molecule has 106 valence electrons. The second-order valence-electron chi connectivity index (χ2n) is 3.96. The first-order valence-corrected chi connectivity index (χ1v) is 6.19. The van der Waals surface area contributed by atoms with E-state index in [-0.39, 0.29) is 0 Å². The number of guanidine groups is 1. The molecule has 19 heavy (non-hydrogen) atoms. The number of nitrogens with one attached hydrogen (secondary N) is 2. The monoisotopic (exact) mass is 266 g/mol. The molecule has 6 heteroatoms. The Morgan fingerprint density at radius 1 is 1.37 bits per heavy atom. The van der Waals surface area contributed by atoms with Crippen LogP contribution in [0.4, 0.5) is 0 Å². The molecule has 0 radical (unpaired) electrons. The van der Waals surface area contributed by atoms with Crippen molar-refractivity contribution in [3.63, 3.8) is 0 Å². The fourth-order valence-electron chi connectivity index (χ4n) is 1.44. The minimum absolute atomic E-state index is 0.532. The molecular formula is C13H22N4O2. The van der Waals surface area contributed by atoms with Crippen LogP contribution in [0, 0.1) is 6.92 Å². The Labute approximate surface area is 114 Å². The Balaban J connectivity index is 2.23. The van der Waals surface area contributed by atoms with Crippen LogP contribution in [-0.4, -0.2) is 39.4 Å². The number of nitrogens with zero attached hydrogens (tertiary/aromatic N) is 1. The maximum atomic E-state index is 5.60. The lowest BCUT2D eigenvalue weighted by Gasteiger charge is -2.10. The fourth-order valence-corrected chi connectivity index (χ4v) is 1.44. The van der Waals surface area contributed by atoms with Gasteiger partial charge in [-0.2, -0.15) is 0 Å². The molecule has 0 unspecified atom stereocenters. The highest BCUT2D eigenvalue weighted by molar-refractivity contribution is 5.79. The summed E-state index contributed by atoms with van der Waals surface area (Å²) in [5.74, 6) is 6.74. The van der Waals surface area contributed by atoms with Crippen LogP contribution in [0.2, 0.25) is 0 Å². The zero-order chi connectivity index (χ0) is 13.9. The number of hydrogen-bond acceptors (Lipinski definition) is 4. The number of rotatable bonds is 7. The van der Waals surface area contributed by atoms with Crippen molar-refractivity contribution in [1.29, 1.82) is 0 Å². The van der Waals surface area contributed by atoms with Crippen molar-refractivity contribution in [2.75, 3.05) is 33.4 Å². The van der Waals surface area contributed by atoms with E-state index in [1.165, 1.54) is 5.56 Å². The van der Waals surface area contributed by atoms with Gasteiger partial charge in [-0.1, -0.05) is 12.1 Å². The van der Waals surface area contributed by atoms with Gasteiger partial charge in [0.1, 0.15) is 12.4 Å². The molecule has 0 amide bonds. The number of aliphatic imine (C=N–C) groups is 1. The fraction of sp³-hybridized carbons (Fsp3) is 0.462. The van der Waals surface area contributed by atoms with Crippen LogP contribution in [0.5, 0.6) is 5.75 Å². The maximum Gasteiger partial charge on any atom is 0.205 e. The quantitative estimate of drug-likeness (QED) is 0.219. The zero-order valence-corrected chi connectivity index (χ0v) is 11.5. The van der Waals surface area contributed by atoms with Gasteiger partial charge in [0.05, 0.1) is 19.7 Å². The lowest BCUT2D eigenvalue weighted by molar-refractivity contribution is 0.208. The third-order valence-electron chi connectivity index (χ3n) is 2.35. The molecule has 0 atom stereocenters. The molecule has 0 spiro atoms. The van der Waals surface area contributed by atoms with Crippen molar-refractivity contribution in [2.45, 2.75) is 6.92 Å². The van der Waals surface area contributed by atoms with Gasteiger partial charge in [0.15, 0.2) is 0 Å². The van der Waals surface area contributed by atoms with Gasteiger partial charge in [0.25, 0.3) is 0 Å². The number of ether oxygens (including phenoxy) is 2. The Hall–Kier alpha value is -1.79. The molecule has 0 heterocycles. The lowest BCUT2D eigenvalue weighted by Crippen LogP contribution is -2.43. The molecule has 1 aromatic carbocycles. The second-order valence-corrected chi connectivity index (χ2v) is 3.96. The number of hydrazine groups is 1. The van der Waals surface area contributed by atoms with E-state index in [0.29, 0.717) is 32.3 Å². The summed E-state index contributed by atoms with van der Waals surface area (Å²) in [6.45, 7) is 4.30. The molecule has 0 aromatic heterocycles. The first kappa shape index (κ1) is 15.3. The largest absolute Gasteiger partial charge is 0.492 e. The first-order chi connectivity index (χ1) is 9.26. The number of benzene rings is 1. The standard InChI is InChI=1S/C13H22N4O2/c1-11-4-3-5-12(10-11)19-9-7-16-13(17-14)15-6-8-18-2/h3-5,10H,6-9,14H2,1-2H3,(H2,15,16,17). The Bertz CT molecular complexity index is 396. The van der Waals surface area contributed by atoms with E-state index in [2.05, 4.69) is 15.7 Å². The Morgan fingerprint density at radius 2 is 2.21 bits per heavy atom. The average molecular weight is 266 g/mol. The van der Waals surface area contributed by atoms with Crippen LogP contribution in [0.1, 0.15) is 5.56 Å². The van der Waals surface area contributed by atoms with Gasteiger partial charge in [-0.3, -0.25) is 5.43 Å². The van der Waals surface area contributed by atoms with Gasteiger partial charge < -0.3 is 14.8 Å². The molecule has 0 fully saturated rings. The summed E-state index contributed by atoms with van der Waals surface area (Å²) in [5, 5.41) is 3.05. The normalized spacial score (nSPS) is 11.2. The van der Waals surface area contributed by atoms with Crippen LogP contribution in [0.25, 0.3) is 0 Å². The summed E-state index contributed by atoms with van der Waals surface area (Å²) in [6, 6.07) is 7.93.